The molecule has 22 heavy (non-hydrogen) atoms. The van der Waals surface area contributed by atoms with Gasteiger partial charge in [0, 0.05) is 28.7 Å². The number of nitro benzene ring substituents is 1. The van der Waals surface area contributed by atoms with Crippen LogP contribution in [-0.4, -0.2) is 17.0 Å². The van der Waals surface area contributed by atoms with Gasteiger partial charge in [-0.1, -0.05) is 18.2 Å². The molecule has 5 nitrogen and oxygen atoms in total. The summed E-state index contributed by atoms with van der Waals surface area (Å²) >= 11 is 0. The molecular weight excluding hydrogens is 280 g/mol. The molecule has 0 saturated heterocycles. The second kappa shape index (κ2) is 5.73. The topological polar surface area (TPSA) is 68.2 Å². The molecule has 0 aliphatic rings. The van der Waals surface area contributed by atoms with E-state index in [0.717, 1.165) is 27.9 Å². The van der Waals surface area contributed by atoms with Gasteiger partial charge in [-0.15, -0.1) is 0 Å². The van der Waals surface area contributed by atoms with E-state index in [1.54, 1.807) is 19.2 Å². The normalized spacial score (nSPS) is 11.1. The van der Waals surface area contributed by atoms with Crippen molar-refractivity contribution in [3.8, 4) is 5.75 Å². The molecule has 0 fully saturated rings. The minimum Gasteiger partial charge on any atom is -0.497 e. The van der Waals surface area contributed by atoms with Gasteiger partial charge in [-0.25, -0.2) is 0 Å². The van der Waals surface area contributed by atoms with E-state index in [2.05, 4.69) is 4.98 Å². The molecule has 0 spiro atoms. The number of nitro groups is 1. The first-order valence-electron chi connectivity index (χ1n) is 6.75. The van der Waals surface area contributed by atoms with E-state index in [9.17, 15) is 10.1 Å². The van der Waals surface area contributed by atoms with Gasteiger partial charge >= 0.3 is 0 Å². The summed E-state index contributed by atoms with van der Waals surface area (Å²) in [5.41, 5.74) is 2.81. The molecule has 3 rings (SSSR count). The summed E-state index contributed by atoms with van der Waals surface area (Å²) in [5.74, 6) is 0.806. The highest BCUT2D eigenvalue weighted by Crippen LogP contribution is 2.22. The van der Waals surface area contributed by atoms with Crippen LogP contribution in [0.2, 0.25) is 0 Å². The van der Waals surface area contributed by atoms with Gasteiger partial charge in [0.25, 0.3) is 5.69 Å². The van der Waals surface area contributed by atoms with Crippen molar-refractivity contribution in [2.75, 3.05) is 7.11 Å². The molecule has 110 valence electrons. The molecule has 0 atom stereocenters. The van der Waals surface area contributed by atoms with E-state index in [1.807, 2.05) is 42.5 Å². The fourth-order valence-electron chi connectivity index (χ4n) is 2.28. The Morgan fingerprint density at radius 3 is 2.77 bits per heavy atom. The monoisotopic (exact) mass is 294 g/mol. The van der Waals surface area contributed by atoms with Crippen LogP contribution < -0.4 is 4.74 Å². The lowest BCUT2D eigenvalue weighted by molar-refractivity contribution is -0.384. The number of benzene rings is 2. The maximum Gasteiger partial charge on any atom is 0.270 e. The molecule has 0 saturated carbocycles. The number of hydrogen-bond acceptors (Lipinski definition) is 3. The largest absolute Gasteiger partial charge is 0.497 e. The van der Waals surface area contributed by atoms with Crippen LogP contribution in [0, 0.1) is 10.1 Å². The zero-order valence-corrected chi connectivity index (χ0v) is 11.9. The Balaban J connectivity index is 1.89. The van der Waals surface area contributed by atoms with Crippen LogP contribution in [0.3, 0.4) is 0 Å². The smallest absolute Gasteiger partial charge is 0.270 e. The zero-order chi connectivity index (χ0) is 15.5. The van der Waals surface area contributed by atoms with Crippen molar-refractivity contribution in [3.05, 3.63) is 69.9 Å². The summed E-state index contributed by atoms with van der Waals surface area (Å²) in [5, 5.41) is 11.8. The van der Waals surface area contributed by atoms with E-state index >= 15 is 0 Å². The minimum absolute atomic E-state index is 0.0866. The van der Waals surface area contributed by atoms with Crippen LogP contribution in [0.5, 0.6) is 5.75 Å². The number of hydrogen-bond donors (Lipinski definition) is 1. The number of rotatable bonds is 4. The van der Waals surface area contributed by atoms with Crippen molar-refractivity contribution in [2.24, 2.45) is 0 Å². The Bertz CT molecular complexity index is 865. The van der Waals surface area contributed by atoms with Crippen LogP contribution in [0.25, 0.3) is 23.1 Å². The van der Waals surface area contributed by atoms with Crippen molar-refractivity contribution in [1.29, 1.82) is 0 Å². The first kappa shape index (κ1) is 13.9. The Hall–Kier alpha value is -3.08. The van der Waals surface area contributed by atoms with Gasteiger partial charge in [-0.3, -0.25) is 10.1 Å². The quantitative estimate of drug-likeness (QED) is 0.577. The molecule has 0 aliphatic carbocycles. The highest BCUT2D eigenvalue weighted by Gasteiger charge is 2.04. The summed E-state index contributed by atoms with van der Waals surface area (Å²) in [7, 11) is 1.64. The summed E-state index contributed by atoms with van der Waals surface area (Å²) in [6, 6.07) is 14.3. The third-order valence-corrected chi connectivity index (χ3v) is 3.39. The fourth-order valence-corrected chi connectivity index (χ4v) is 2.28. The molecule has 0 bridgehead atoms. The number of nitrogens with zero attached hydrogens (tertiary/aromatic N) is 1. The number of aromatic nitrogens is 1. The predicted octanol–water partition coefficient (Wildman–Crippen LogP) is 4.26. The van der Waals surface area contributed by atoms with E-state index in [4.69, 9.17) is 4.74 Å². The van der Waals surface area contributed by atoms with Gasteiger partial charge in [-0.2, -0.15) is 0 Å². The molecule has 0 radical (unpaired) electrons. The van der Waals surface area contributed by atoms with Crippen LogP contribution in [0.1, 0.15) is 11.3 Å². The zero-order valence-electron chi connectivity index (χ0n) is 11.9. The average Bonchev–Trinajstić information content (AvgIpc) is 2.95. The molecule has 1 aromatic heterocycles. The molecule has 5 heteroatoms. The molecule has 1 heterocycles. The first-order chi connectivity index (χ1) is 10.7. The number of non-ortho nitro benzene ring substituents is 1. The standard InChI is InChI=1S/C17H14N2O3/c1-22-16-7-8-17-13(11-16)10-14(18-17)6-5-12-3-2-4-15(9-12)19(20)21/h2-11,18H,1H3/b6-5+. The molecule has 1 N–H and O–H groups in total. The average molecular weight is 294 g/mol. The van der Waals surface area contributed by atoms with Crippen molar-refractivity contribution in [1.82, 2.24) is 4.98 Å². The summed E-state index contributed by atoms with van der Waals surface area (Å²) in [6.45, 7) is 0. The summed E-state index contributed by atoms with van der Waals surface area (Å²) < 4.78 is 5.20. The van der Waals surface area contributed by atoms with Gasteiger partial charge in [0.15, 0.2) is 0 Å². The van der Waals surface area contributed by atoms with Crippen LogP contribution in [0.15, 0.2) is 48.5 Å². The van der Waals surface area contributed by atoms with Crippen molar-refractivity contribution < 1.29 is 9.66 Å². The lowest BCUT2D eigenvalue weighted by Crippen LogP contribution is -1.87. The van der Waals surface area contributed by atoms with Crippen LogP contribution >= 0.6 is 0 Å². The van der Waals surface area contributed by atoms with Crippen LogP contribution in [0.4, 0.5) is 5.69 Å². The van der Waals surface area contributed by atoms with Gasteiger partial charge in [0.05, 0.1) is 12.0 Å². The SMILES string of the molecule is COc1ccc2[nH]c(/C=C/c3cccc([N+](=O)[O-])c3)cc2c1. The van der Waals surface area contributed by atoms with E-state index < -0.39 is 4.92 Å². The fraction of sp³-hybridized carbons (Fsp3) is 0.0588. The van der Waals surface area contributed by atoms with E-state index in [-0.39, 0.29) is 5.69 Å². The Morgan fingerprint density at radius 2 is 2.00 bits per heavy atom. The Kier molecular flexibility index (Phi) is 3.62. The van der Waals surface area contributed by atoms with Crippen molar-refractivity contribution in [2.45, 2.75) is 0 Å². The van der Waals surface area contributed by atoms with E-state index in [0.29, 0.717) is 0 Å². The number of ether oxygens (including phenoxy) is 1. The maximum atomic E-state index is 10.8. The van der Waals surface area contributed by atoms with Crippen molar-refractivity contribution >= 4 is 28.7 Å². The number of aromatic amines is 1. The third kappa shape index (κ3) is 2.83. The summed E-state index contributed by atoms with van der Waals surface area (Å²) in [4.78, 5) is 13.7. The second-order valence-electron chi connectivity index (χ2n) is 4.86. The molecule has 0 unspecified atom stereocenters. The van der Waals surface area contributed by atoms with Gasteiger partial charge in [-0.05, 0) is 35.9 Å². The lowest BCUT2D eigenvalue weighted by Gasteiger charge is -1.97. The number of methoxy groups -OCH3 is 1. The molecular formula is C17H14N2O3. The number of H-pyrrole nitrogens is 1. The Labute approximate surface area is 127 Å². The third-order valence-electron chi connectivity index (χ3n) is 3.39. The lowest BCUT2D eigenvalue weighted by atomic mass is 10.2. The minimum atomic E-state index is -0.396. The first-order valence-corrected chi connectivity index (χ1v) is 6.75. The second-order valence-corrected chi connectivity index (χ2v) is 4.86. The molecule has 0 amide bonds. The predicted molar refractivity (Wildman–Crippen MR) is 86.9 cm³/mol. The van der Waals surface area contributed by atoms with Gasteiger partial charge in [0.2, 0.25) is 0 Å². The van der Waals surface area contributed by atoms with Crippen molar-refractivity contribution in [3.63, 3.8) is 0 Å². The summed E-state index contributed by atoms with van der Waals surface area (Å²) in [6.07, 6.45) is 3.74. The van der Waals surface area contributed by atoms with Gasteiger partial charge in [0.1, 0.15) is 5.75 Å². The number of fused-ring (bicyclic) bond motifs is 1. The number of nitrogens with one attached hydrogen (secondary N) is 1. The van der Waals surface area contributed by atoms with E-state index in [1.165, 1.54) is 6.07 Å². The van der Waals surface area contributed by atoms with Gasteiger partial charge < -0.3 is 9.72 Å². The Morgan fingerprint density at radius 1 is 1.14 bits per heavy atom. The molecule has 0 aliphatic heterocycles. The molecule has 3 aromatic rings. The highest BCUT2D eigenvalue weighted by molar-refractivity contribution is 5.85. The maximum absolute atomic E-state index is 10.8. The highest BCUT2D eigenvalue weighted by atomic mass is 16.6. The van der Waals surface area contributed by atoms with Crippen LogP contribution in [-0.2, 0) is 0 Å². The molecule has 2 aromatic carbocycles.